The lowest BCUT2D eigenvalue weighted by Crippen LogP contribution is -2.42. The molecular formula is C11H24N2S. The van der Waals surface area contributed by atoms with E-state index in [1.165, 1.54) is 37.9 Å². The van der Waals surface area contributed by atoms with Crippen molar-refractivity contribution < 1.29 is 0 Å². The van der Waals surface area contributed by atoms with Crippen molar-refractivity contribution in [3.8, 4) is 0 Å². The van der Waals surface area contributed by atoms with Crippen LogP contribution in [0.2, 0.25) is 0 Å². The smallest absolute Gasteiger partial charge is 0.0329 e. The predicted octanol–water partition coefficient (Wildman–Crippen LogP) is 2.54. The van der Waals surface area contributed by atoms with E-state index >= 15 is 0 Å². The largest absolute Gasteiger partial charge is 0.271 e. The van der Waals surface area contributed by atoms with Crippen LogP contribution in [0.3, 0.4) is 0 Å². The summed E-state index contributed by atoms with van der Waals surface area (Å²) >= 11 is 2.05. The van der Waals surface area contributed by atoms with Crippen LogP contribution < -0.4 is 11.3 Å². The third-order valence-corrected chi connectivity index (χ3v) is 4.77. The van der Waals surface area contributed by atoms with Gasteiger partial charge in [-0.15, -0.1) is 0 Å². The van der Waals surface area contributed by atoms with Crippen LogP contribution in [0.1, 0.15) is 46.0 Å². The second kappa shape index (κ2) is 6.70. The summed E-state index contributed by atoms with van der Waals surface area (Å²) in [4.78, 5) is 0. The topological polar surface area (TPSA) is 38.0 Å². The summed E-state index contributed by atoms with van der Waals surface area (Å²) in [7, 11) is 0. The Labute approximate surface area is 92.4 Å². The number of nitrogens with two attached hydrogens (primary N) is 1. The van der Waals surface area contributed by atoms with Crippen molar-refractivity contribution in [1.82, 2.24) is 5.43 Å². The van der Waals surface area contributed by atoms with E-state index in [1.54, 1.807) is 0 Å². The third-order valence-electron chi connectivity index (χ3n) is 3.32. The lowest BCUT2D eigenvalue weighted by molar-refractivity contribution is 0.393. The van der Waals surface area contributed by atoms with Crippen molar-refractivity contribution >= 4 is 11.8 Å². The van der Waals surface area contributed by atoms with Gasteiger partial charge in [0.25, 0.3) is 0 Å². The highest BCUT2D eigenvalue weighted by Crippen LogP contribution is 2.29. The first-order chi connectivity index (χ1) is 6.77. The maximum atomic E-state index is 5.62. The van der Waals surface area contributed by atoms with Crippen LogP contribution in [-0.2, 0) is 0 Å². The summed E-state index contributed by atoms with van der Waals surface area (Å²) in [5.74, 6) is 7.62. The number of hydrogen-bond acceptors (Lipinski definition) is 3. The highest BCUT2D eigenvalue weighted by molar-refractivity contribution is 7.99. The summed E-state index contributed by atoms with van der Waals surface area (Å²) in [5, 5.41) is 0.771. The van der Waals surface area contributed by atoms with Gasteiger partial charge in [0.05, 0.1) is 0 Å². The van der Waals surface area contributed by atoms with Crippen molar-refractivity contribution in [3.05, 3.63) is 0 Å². The molecule has 3 heteroatoms. The minimum Gasteiger partial charge on any atom is -0.271 e. The normalized spacial score (nSPS) is 22.5. The van der Waals surface area contributed by atoms with Crippen molar-refractivity contribution in [2.24, 2.45) is 11.8 Å². The van der Waals surface area contributed by atoms with Gasteiger partial charge < -0.3 is 0 Å². The van der Waals surface area contributed by atoms with Crippen LogP contribution in [0.25, 0.3) is 0 Å². The summed E-state index contributed by atoms with van der Waals surface area (Å²) in [6.07, 6.45) is 6.80. The lowest BCUT2D eigenvalue weighted by atomic mass is 10.0. The number of hydrogen-bond donors (Lipinski definition) is 2. The van der Waals surface area contributed by atoms with Crippen molar-refractivity contribution in [1.29, 1.82) is 0 Å². The molecule has 84 valence electrons. The van der Waals surface area contributed by atoms with E-state index in [0.717, 1.165) is 11.2 Å². The quantitative estimate of drug-likeness (QED) is 0.529. The van der Waals surface area contributed by atoms with Crippen LogP contribution in [0.4, 0.5) is 0 Å². The molecule has 1 fully saturated rings. The molecule has 0 aromatic rings. The lowest BCUT2D eigenvalue weighted by Gasteiger charge is -2.23. The molecule has 0 aromatic carbocycles. The molecule has 14 heavy (non-hydrogen) atoms. The Balaban J connectivity index is 2.23. The Kier molecular flexibility index (Phi) is 5.90. The predicted molar refractivity (Wildman–Crippen MR) is 65.3 cm³/mol. The molecule has 1 rings (SSSR count). The van der Waals surface area contributed by atoms with Crippen LogP contribution in [0.5, 0.6) is 0 Å². The van der Waals surface area contributed by atoms with Crippen molar-refractivity contribution in [3.63, 3.8) is 0 Å². The number of nitrogens with one attached hydrogen (secondary N) is 1. The second-order valence-electron chi connectivity index (χ2n) is 4.37. The summed E-state index contributed by atoms with van der Waals surface area (Å²) in [5.41, 5.74) is 3.00. The molecule has 0 aromatic heterocycles. The van der Waals surface area contributed by atoms with E-state index < -0.39 is 0 Å². The molecule has 0 radical (unpaired) electrons. The van der Waals surface area contributed by atoms with E-state index in [2.05, 4.69) is 31.0 Å². The third kappa shape index (κ3) is 3.79. The number of hydrazine groups is 1. The number of rotatable bonds is 6. The van der Waals surface area contributed by atoms with Gasteiger partial charge in [-0.2, -0.15) is 11.8 Å². The average molecular weight is 216 g/mol. The minimum atomic E-state index is 0.538. The van der Waals surface area contributed by atoms with E-state index in [4.69, 9.17) is 5.84 Å². The fourth-order valence-electron chi connectivity index (χ4n) is 2.07. The van der Waals surface area contributed by atoms with E-state index in [1.807, 2.05) is 0 Å². The van der Waals surface area contributed by atoms with E-state index in [-0.39, 0.29) is 0 Å². The Bertz CT molecular complexity index is 146. The minimum absolute atomic E-state index is 0.538. The second-order valence-corrected chi connectivity index (χ2v) is 5.84. The molecule has 2 nitrogen and oxygen atoms in total. The summed E-state index contributed by atoms with van der Waals surface area (Å²) in [6, 6.07) is 0.538. The summed E-state index contributed by atoms with van der Waals surface area (Å²) < 4.78 is 0. The highest BCUT2D eigenvalue weighted by Gasteiger charge is 2.24. The zero-order chi connectivity index (χ0) is 10.4. The molecule has 2 atom stereocenters. The van der Waals surface area contributed by atoms with Crippen molar-refractivity contribution in [2.45, 2.75) is 57.2 Å². The highest BCUT2D eigenvalue weighted by atomic mass is 32.2. The molecule has 2 unspecified atom stereocenters. The molecule has 1 saturated carbocycles. The first-order valence-electron chi connectivity index (χ1n) is 5.85. The zero-order valence-corrected chi connectivity index (χ0v) is 10.3. The summed E-state index contributed by atoms with van der Waals surface area (Å²) in [6.45, 7) is 4.55. The van der Waals surface area contributed by atoms with Crippen LogP contribution in [0.15, 0.2) is 0 Å². The molecule has 1 aliphatic rings. The van der Waals surface area contributed by atoms with Crippen LogP contribution in [0, 0.1) is 5.92 Å². The average Bonchev–Trinajstić information content (AvgIpc) is 2.72. The number of thioether (sulfide) groups is 1. The fraction of sp³-hybridized carbons (Fsp3) is 1.00. The molecule has 0 heterocycles. The van der Waals surface area contributed by atoms with Crippen molar-refractivity contribution in [2.75, 3.05) is 5.75 Å². The van der Waals surface area contributed by atoms with Gasteiger partial charge in [0.2, 0.25) is 0 Å². The molecule has 0 saturated heterocycles. The fourth-order valence-corrected chi connectivity index (χ4v) is 3.21. The van der Waals surface area contributed by atoms with Gasteiger partial charge in [-0.1, -0.05) is 26.7 Å². The first kappa shape index (κ1) is 12.3. The van der Waals surface area contributed by atoms with Gasteiger partial charge in [-0.05, 0) is 25.2 Å². The first-order valence-corrected chi connectivity index (χ1v) is 6.90. The Hall–Kier alpha value is 0.270. The van der Waals surface area contributed by atoms with Gasteiger partial charge in [0, 0.05) is 17.0 Å². The molecule has 0 bridgehead atoms. The van der Waals surface area contributed by atoms with Gasteiger partial charge in [0.1, 0.15) is 0 Å². The molecule has 1 aliphatic carbocycles. The zero-order valence-electron chi connectivity index (χ0n) is 9.46. The maximum Gasteiger partial charge on any atom is 0.0329 e. The van der Waals surface area contributed by atoms with E-state index in [9.17, 15) is 0 Å². The Morgan fingerprint density at radius 1 is 1.43 bits per heavy atom. The standard InChI is InChI=1S/C11H24N2S/c1-3-9(2)14-8-11(13-12)10-6-4-5-7-10/h9-11,13H,3-8,12H2,1-2H3. The monoisotopic (exact) mass is 216 g/mol. The van der Waals surface area contributed by atoms with E-state index in [0.29, 0.717) is 6.04 Å². The van der Waals surface area contributed by atoms with Crippen LogP contribution >= 0.6 is 11.8 Å². The maximum absolute atomic E-state index is 5.62. The molecule has 0 spiro atoms. The molecule has 0 aliphatic heterocycles. The van der Waals surface area contributed by atoms with Gasteiger partial charge >= 0.3 is 0 Å². The van der Waals surface area contributed by atoms with Crippen LogP contribution in [-0.4, -0.2) is 17.0 Å². The Morgan fingerprint density at radius 3 is 2.57 bits per heavy atom. The molecule has 3 N–H and O–H groups in total. The molecular weight excluding hydrogens is 192 g/mol. The van der Waals surface area contributed by atoms with Gasteiger partial charge in [0.15, 0.2) is 0 Å². The molecule has 0 amide bonds. The van der Waals surface area contributed by atoms with Gasteiger partial charge in [-0.3, -0.25) is 11.3 Å². The Morgan fingerprint density at radius 2 is 2.07 bits per heavy atom. The van der Waals surface area contributed by atoms with Gasteiger partial charge in [-0.25, -0.2) is 0 Å². The SMILES string of the molecule is CCC(C)SCC(NN)C1CCCC1.